The van der Waals surface area contributed by atoms with Crippen molar-refractivity contribution in [2.45, 2.75) is 64.3 Å². The molecule has 5 rings (SSSR count). The highest BCUT2D eigenvalue weighted by atomic mass is 16.5. The van der Waals surface area contributed by atoms with Crippen LogP contribution in [0.1, 0.15) is 63.9 Å². The van der Waals surface area contributed by atoms with Gasteiger partial charge in [0.25, 0.3) is 0 Å². The van der Waals surface area contributed by atoms with Crippen molar-refractivity contribution in [3.63, 3.8) is 0 Å². The van der Waals surface area contributed by atoms with Crippen LogP contribution in [0.5, 0.6) is 0 Å². The predicted molar refractivity (Wildman–Crippen MR) is 145 cm³/mol. The number of nitrogens with zero attached hydrogens (tertiary/aromatic N) is 6. The normalized spacial score (nSPS) is 20.5. The summed E-state index contributed by atoms with van der Waals surface area (Å²) in [6.07, 6.45) is 12.1. The summed E-state index contributed by atoms with van der Waals surface area (Å²) < 4.78 is 7.33. The lowest BCUT2D eigenvalue weighted by Crippen LogP contribution is -2.39. The van der Waals surface area contributed by atoms with E-state index in [1.54, 1.807) is 6.08 Å². The fraction of sp³-hybridized carbons (Fsp3) is 0.704. The summed E-state index contributed by atoms with van der Waals surface area (Å²) in [4.78, 5) is 26.7. The van der Waals surface area contributed by atoms with Gasteiger partial charge < -0.3 is 20.3 Å². The van der Waals surface area contributed by atoms with Crippen LogP contribution in [0, 0.1) is 5.92 Å². The van der Waals surface area contributed by atoms with E-state index < -0.39 is 0 Å². The molecule has 0 aliphatic carbocycles. The van der Waals surface area contributed by atoms with Crippen LogP contribution < -0.4 is 10.6 Å². The Bertz CT molecular complexity index is 1060. The average molecular weight is 511 g/mol. The summed E-state index contributed by atoms with van der Waals surface area (Å²) in [6, 6.07) is 0.320. The zero-order chi connectivity index (χ0) is 25.6. The van der Waals surface area contributed by atoms with E-state index >= 15 is 0 Å². The molecule has 3 fully saturated rings. The zero-order valence-electron chi connectivity index (χ0n) is 22.4. The summed E-state index contributed by atoms with van der Waals surface area (Å²) >= 11 is 0. The second-order valence-corrected chi connectivity index (χ2v) is 11.0. The molecule has 10 heteroatoms. The molecular weight excluding hydrogens is 468 g/mol. The average Bonchev–Trinajstić information content (AvgIpc) is 3.58. The summed E-state index contributed by atoms with van der Waals surface area (Å²) in [5.41, 5.74) is 1.97. The Balaban J connectivity index is 1.18. The number of carbonyl (C=O) groups is 1. The van der Waals surface area contributed by atoms with E-state index in [0.29, 0.717) is 23.8 Å². The molecule has 0 radical (unpaired) electrons. The quantitative estimate of drug-likeness (QED) is 0.497. The highest BCUT2D eigenvalue weighted by molar-refractivity contribution is 5.87. The number of piperidine rings is 1. The van der Waals surface area contributed by atoms with E-state index in [9.17, 15) is 4.79 Å². The molecule has 0 aromatic carbocycles. The highest BCUT2D eigenvalue weighted by Gasteiger charge is 2.23. The van der Waals surface area contributed by atoms with Gasteiger partial charge in [0.15, 0.2) is 5.65 Å². The van der Waals surface area contributed by atoms with Gasteiger partial charge in [0.2, 0.25) is 17.8 Å². The molecule has 3 aliphatic rings. The zero-order valence-corrected chi connectivity index (χ0v) is 22.4. The number of rotatable bonds is 9. The van der Waals surface area contributed by atoms with Gasteiger partial charge >= 0.3 is 0 Å². The number of likely N-dealkylation sites (tertiary alicyclic amines) is 2. The van der Waals surface area contributed by atoms with Gasteiger partial charge in [-0.2, -0.15) is 19.6 Å². The van der Waals surface area contributed by atoms with E-state index in [1.165, 1.54) is 12.8 Å². The van der Waals surface area contributed by atoms with E-state index in [1.807, 2.05) is 21.7 Å². The molecular formula is C27H42N8O2. The third kappa shape index (κ3) is 6.59. The van der Waals surface area contributed by atoms with Crippen LogP contribution in [0.2, 0.25) is 0 Å². The molecule has 202 valence electrons. The van der Waals surface area contributed by atoms with E-state index in [0.717, 1.165) is 95.3 Å². The first kappa shape index (κ1) is 25.9. The number of anilines is 2. The summed E-state index contributed by atoms with van der Waals surface area (Å²) in [5, 5.41) is 11.7. The molecule has 2 aromatic heterocycles. The van der Waals surface area contributed by atoms with Crippen LogP contribution in [0.3, 0.4) is 0 Å². The molecule has 1 amide bonds. The van der Waals surface area contributed by atoms with Crippen LogP contribution in [0.25, 0.3) is 5.65 Å². The van der Waals surface area contributed by atoms with Gasteiger partial charge in [-0.05, 0) is 63.5 Å². The fourth-order valence-corrected chi connectivity index (χ4v) is 5.47. The molecule has 2 aromatic rings. The Morgan fingerprint density at radius 1 is 1.11 bits per heavy atom. The molecule has 0 saturated carbocycles. The summed E-state index contributed by atoms with van der Waals surface area (Å²) in [6.45, 7) is 11.4. The molecule has 3 saturated heterocycles. The van der Waals surface area contributed by atoms with Crippen LogP contribution in [-0.4, -0.2) is 93.8 Å². The second-order valence-electron chi connectivity index (χ2n) is 11.0. The lowest BCUT2D eigenvalue weighted by atomic mass is 9.97. The highest BCUT2D eigenvalue weighted by Crippen LogP contribution is 2.24. The molecule has 0 unspecified atom stereocenters. The summed E-state index contributed by atoms with van der Waals surface area (Å²) in [7, 11) is 0. The third-order valence-electron chi connectivity index (χ3n) is 7.87. The van der Waals surface area contributed by atoms with Crippen molar-refractivity contribution in [1.82, 2.24) is 29.4 Å². The van der Waals surface area contributed by atoms with E-state index in [-0.39, 0.29) is 5.91 Å². The number of amides is 1. The van der Waals surface area contributed by atoms with E-state index in [4.69, 9.17) is 14.7 Å². The number of hydrogen-bond donors (Lipinski definition) is 2. The SMILES string of the molecule is CC(C)c1cnn2c(NCC3CCN(C(=O)C=CCN4CCCC4)CC3)nc(NC3CCOCC3)nc12. The Labute approximate surface area is 219 Å². The molecule has 0 atom stereocenters. The maximum atomic E-state index is 12.6. The summed E-state index contributed by atoms with van der Waals surface area (Å²) in [5.74, 6) is 2.31. The minimum atomic E-state index is 0.143. The van der Waals surface area contributed by atoms with E-state index in [2.05, 4.69) is 34.5 Å². The minimum absolute atomic E-state index is 0.143. The largest absolute Gasteiger partial charge is 0.381 e. The molecule has 5 heterocycles. The number of aromatic nitrogens is 4. The van der Waals surface area contributed by atoms with Crippen molar-refractivity contribution in [3.8, 4) is 0 Å². The van der Waals surface area contributed by atoms with Crippen LogP contribution in [0.15, 0.2) is 18.3 Å². The van der Waals surface area contributed by atoms with Gasteiger partial charge in [0.05, 0.1) is 6.20 Å². The molecule has 10 nitrogen and oxygen atoms in total. The number of nitrogens with one attached hydrogen (secondary N) is 2. The van der Waals surface area contributed by atoms with Crippen LogP contribution >= 0.6 is 0 Å². The monoisotopic (exact) mass is 510 g/mol. The number of ether oxygens (including phenoxy) is 1. The first-order chi connectivity index (χ1) is 18.1. The van der Waals surface area contributed by atoms with Crippen molar-refractivity contribution in [3.05, 3.63) is 23.9 Å². The molecule has 2 N–H and O–H groups in total. The van der Waals surface area contributed by atoms with Crippen molar-refractivity contribution in [2.24, 2.45) is 5.92 Å². The second kappa shape index (κ2) is 12.2. The standard InChI is InChI=1S/C27H42N8O2/c1-20(2)23-19-29-35-25(23)31-26(30-22-9-16-37-17-10-22)32-27(35)28-18-21-7-14-34(15-8-21)24(36)6-5-13-33-11-3-4-12-33/h5-6,19-22H,3-4,7-18H2,1-2H3,(H2,28,30,31,32). The van der Waals surface area contributed by atoms with Gasteiger partial charge in [0.1, 0.15) is 0 Å². The van der Waals surface area contributed by atoms with Crippen molar-refractivity contribution < 1.29 is 9.53 Å². The van der Waals surface area contributed by atoms with Crippen LogP contribution in [0.4, 0.5) is 11.9 Å². The van der Waals surface area contributed by atoms with Gasteiger partial charge in [-0.3, -0.25) is 9.69 Å². The fourth-order valence-electron chi connectivity index (χ4n) is 5.47. The van der Waals surface area contributed by atoms with Gasteiger partial charge in [-0.15, -0.1) is 0 Å². The Morgan fingerprint density at radius 3 is 2.59 bits per heavy atom. The molecule has 3 aliphatic heterocycles. The maximum absolute atomic E-state index is 12.6. The molecule has 0 bridgehead atoms. The first-order valence-electron chi connectivity index (χ1n) is 14.1. The minimum Gasteiger partial charge on any atom is -0.381 e. The first-order valence-corrected chi connectivity index (χ1v) is 14.1. The number of carbonyl (C=O) groups excluding carboxylic acids is 1. The van der Waals surface area contributed by atoms with Gasteiger partial charge in [-0.25, -0.2) is 0 Å². The Hall–Kier alpha value is -2.72. The number of fused-ring (bicyclic) bond motifs is 1. The number of hydrogen-bond acceptors (Lipinski definition) is 8. The lowest BCUT2D eigenvalue weighted by Gasteiger charge is -2.31. The van der Waals surface area contributed by atoms with Crippen molar-refractivity contribution in [2.75, 3.05) is 63.1 Å². The topological polar surface area (TPSA) is 99.9 Å². The maximum Gasteiger partial charge on any atom is 0.246 e. The van der Waals surface area contributed by atoms with Crippen molar-refractivity contribution in [1.29, 1.82) is 0 Å². The van der Waals surface area contributed by atoms with Crippen molar-refractivity contribution >= 4 is 23.5 Å². The Morgan fingerprint density at radius 2 is 1.86 bits per heavy atom. The van der Waals surface area contributed by atoms with Gasteiger partial charge in [-0.1, -0.05) is 19.9 Å². The lowest BCUT2D eigenvalue weighted by molar-refractivity contribution is -0.127. The Kier molecular flexibility index (Phi) is 8.55. The smallest absolute Gasteiger partial charge is 0.246 e. The molecule has 37 heavy (non-hydrogen) atoms. The molecule has 0 spiro atoms. The van der Waals surface area contributed by atoms with Crippen LogP contribution in [-0.2, 0) is 9.53 Å². The van der Waals surface area contributed by atoms with Gasteiger partial charge in [0, 0.05) is 57.1 Å². The predicted octanol–water partition coefficient (Wildman–Crippen LogP) is 3.14. The third-order valence-corrected chi connectivity index (χ3v) is 7.87.